The van der Waals surface area contributed by atoms with E-state index >= 15 is 0 Å². The number of hydrogen-bond acceptors (Lipinski definition) is 4. The predicted molar refractivity (Wildman–Crippen MR) is 61.8 cm³/mol. The van der Waals surface area contributed by atoms with Gasteiger partial charge in [-0.1, -0.05) is 19.9 Å². The summed E-state index contributed by atoms with van der Waals surface area (Å²) in [6, 6.07) is 3.93. The molecule has 1 aromatic heterocycles. The summed E-state index contributed by atoms with van der Waals surface area (Å²) in [6.07, 6.45) is 0. The van der Waals surface area contributed by atoms with E-state index < -0.39 is 0 Å². The third-order valence-corrected chi connectivity index (χ3v) is 3.97. The predicted octanol–water partition coefficient (Wildman–Crippen LogP) is 3.10. The summed E-state index contributed by atoms with van der Waals surface area (Å²) in [5.74, 6) is -0.161. The van der Waals surface area contributed by atoms with Crippen LogP contribution in [-0.2, 0) is 9.53 Å². The van der Waals surface area contributed by atoms with E-state index in [1.54, 1.807) is 23.1 Å². The minimum Gasteiger partial charge on any atom is -0.468 e. The highest BCUT2D eigenvalue weighted by atomic mass is 32.2. The second-order valence-corrected chi connectivity index (χ2v) is 5.77. The van der Waals surface area contributed by atoms with Crippen LogP contribution in [0, 0.1) is 0 Å². The smallest absolute Gasteiger partial charge is 0.324 e. The maximum absolute atomic E-state index is 11.5. The van der Waals surface area contributed by atoms with Crippen molar-refractivity contribution in [3.63, 3.8) is 0 Å². The van der Waals surface area contributed by atoms with Crippen LogP contribution in [0.5, 0.6) is 0 Å². The summed E-state index contributed by atoms with van der Waals surface area (Å²) >= 11 is 3.22. The van der Waals surface area contributed by atoms with Gasteiger partial charge in [-0.25, -0.2) is 0 Å². The van der Waals surface area contributed by atoms with E-state index in [9.17, 15) is 4.79 Å². The van der Waals surface area contributed by atoms with E-state index in [0.29, 0.717) is 5.25 Å². The zero-order chi connectivity index (χ0) is 10.6. The molecule has 1 atom stereocenters. The van der Waals surface area contributed by atoms with E-state index in [4.69, 9.17) is 4.74 Å². The number of methoxy groups -OCH3 is 1. The van der Waals surface area contributed by atoms with E-state index in [0.717, 1.165) is 4.88 Å². The average molecular weight is 230 g/mol. The topological polar surface area (TPSA) is 26.3 Å². The fraction of sp³-hybridized carbons (Fsp3) is 0.500. The molecule has 1 unspecified atom stereocenters. The summed E-state index contributed by atoms with van der Waals surface area (Å²) in [5.41, 5.74) is 0. The first-order valence-corrected chi connectivity index (χ1v) is 6.24. The molecule has 0 saturated carbocycles. The number of thioether (sulfide) groups is 1. The lowest BCUT2D eigenvalue weighted by molar-refractivity contribution is -0.140. The van der Waals surface area contributed by atoms with Crippen LogP contribution in [-0.4, -0.2) is 18.3 Å². The number of thiophene rings is 1. The molecule has 78 valence electrons. The maximum atomic E-state index is 11.5. The number of carbonyl (C=O) groups excluding carboxylic acids is 1. The Kier molecular flexibility index (Phi) is 4.48. The van der Waals surface area contributed by atoms with Crippen molar-refractivity contribution in [1.82, 2.24) is 0 Å². The molecular weight excluding hydrogens is 216 g/mol. The molecule has 0 spiro atoms. The molecule has 0 saturated heterocycles. The molecule has 0 aliphatic rings. The van der Waals surface area contributed by atoms with Gasteiger partial charge in [0.2, 0.25) is 0 Å². The van der Waals surface area contributed by atoms with Crippen molar-refractivity contribution in [3.8, 4) is 0 Å². The molecular formula is C10H14O2S2. The minimum absolute atomic E-state index is 0.161. The summed E-state index contributed by atoms with van der Waals surface area (Å²) in [6.45, 7) is 4.16. The van der Waals surface area contributed by atoms with Crippen molar-refractivity contribution in [2.24, 2.45) is 0 Å². The Morgan fingerprint density at radius 3 is 2.71 bits per heavy atom. The van der Waals surface area contributed by atoms with E-state index in [-0.39, 0.29) is 11.2 Å². The van der Waals surface area contributed by atoms with Crippen molar-refractivity contribution < 1.29 is 9.53 Å². The molecule has 0 aliphatic heterocycles. The van der Waals surface area contributed by atoms with Gasteiger partial charge >= 0.3 is 5.97 Å². The molecule has 4 heteroatoms. The monoisotopic (exact) mass is 230 g/mol. The van der Waals surface area contributed by atoms with Crippen LogP contribution in [0.3, 0.4) is 0 Å². The highest BCUT2D eigenvalue weighted by Gasteiger charge is 2.23. The second-order valence-electron chi connectivity index (χ2n) is 3.10. The molecule has 0 fully saturated rings. The first kappa shape index (κ1) is 11.6. The van der Waals surface area contributed by atoms with Crippen LogP contribution in [0.2, 0.25) is 0 Å². The number of hydrogen-bond donors (Lipinski definition) is 0. The molecule has 0 amide bonds. The van der Waals surface area contributed by atoms with E-state index in [1.165, 1.54) is 7.11 Å². The molecule has 1 aromatic rings. The number of esters is 1. The molecule has 14 heavy (non-hydrogen) atoms. The summed E-state index contributed by atoms with van der Waals surface area (Å²) < 4.78 is 4.78. The van der Waals surface area contributed by atoms with Crippen LogP contribution in [0.25, 0.3) is 0 Å². The quantitative estimate of drug-likeness (QED) is 0.743. The Balaban J connectivity index is 2.77. The fourth-order valence-corrected chi connectivity index (χ4v) is 3.05. The van der Waals surface area contributed by atoms with Gasteiger partial charge < -0.3 is 4.74 Å². The molecule has 2 nitrogen and oxygen atoms in total. The Morgan fingerprint density at radius 1 is 1.57 bits per heavy atom. The second kappa shape index (κ2) is 5.41. The highest BCUT2D eigenvalue weighted by Crippen LogP contribution is 2.35. The zero-order valence-corrected chi connectivity index (χ0v) is 10.2. The first-order valence-electron chi connectivity index (χ1n) is 4.42. The van der Waals surface area contributed by atoms with Gasteiger partial charge in [0.05, 0.1) is 7.11 Å². The van der Waals surface area contributed by atoms with Crippen LogP contribution in [0.1, 0.15) is 24.0 Å². The Hall–Kier alpha value is -0.480. The number of ether oxygens (including phenoxy) is 1. The molecule has 0 aliphatic carbocycles. The normalized spacial score (nSPS) is 12.9. The third kappa shape index (κ3) is 3.03. The van der Waals surface area contributed by atoms with Gasteiger partial charge in [0.25, 0.3) is 0 Å². The number of rotatable bonds is 4. The van der Waals surface area contributed by atoms with Gasteiger partial charge in [-0.3, -0.25) is 4.79 Å². The molecule has 1 rings (SSSR count). The van der Waals surface area contributed by atoms with Crippen LogP contribution in [0.4, 0.5) is 0 Å². The van der Waals surface area contributed by atoms with Crippen LogP contribution >= 0.6 is 23.1 Å². The minimum atomic E-state index is -0.167. The molecule has 0 aromatic carbocycles. The summed E-state index contributed by atoms with van der Waals surface area (Å²) in [5, 5.41) is 2.23. The van der Waals surface area contributed by atoms with Gasteiger partial charge in [-0.05, 0) is 11.4 Å². The van der Waals surface area contributed by atoms with Crippen LogP contribution in [0.15, 0.2) is 17.5 Å². The fourth-order valence-electron chi connectivity index (χ4n) is 1.06. The standard InChI is InChI=1S/C10H14O2S2/c1-7(2)14-9(10(11)12-3)8-5-4-6-13-8/h4-7,9H,1-3H3. The lowest BCUT2D eigenvalue weighted by Gasteiger charge is -2.14. The van der Waals surface area contributed by atoms with Crippen molar-refractivity contribution in [1.29, 1.82) is 0 Å². The lowest BCUT2D eigenvalue weighted by atomic mass is 10.3. The first-order chi connectivity index (χ1) is 6.65. The van der Waals surface area contributed by atoms with Gasteiger partial charge in [-0.15, -0.1) is 23.1 Å². The third-order valence-electron chi connectivity index (χ3n) is 1.63. The van der Waals surface area contributed by atoms with Gasteiger partial charge in [-0.2, -0.15) is 0 Å². The van der Waals surface area contributed by atoms with Gasteiger partial charge in [0, 0.05) is 10.1 Å². The van der Waals surface area contributed by atoms with Crippen molar-refractivity contribution in [2.75, 3.05) is 7.11 Å². The van der Waals surface area contributed by atoms with Crippen LogP contribution < -0.4 is 0 Å². The molecule has 1 heterocycles. The average Bonchev–Trinajstić information content (AvgIpc) is 2.65. The number of carbonyl (C=O) groups is 1. The Labute approximate surface area is 92.7 Å². The summed E-state index contributed by atoms with van der Waals surface area (Å²) in [4.78, 5) is 12.6. The maximum Gasteiger partial charge on any atom is 0.324 e. The van der Waals surface area contributed by atoms with Gasteiger partial charge in [0.1, 0.15) is 5.25 Å². The van der Waals surface area contributed by atoms with E-state index in [1.807, 2.05) is 17.5 Å². The lowest BCUT2D eigenvalue weighted by Crippen LogP contribution is -2.12. The Bertz CT molecular complexity index is 280. The SMILES string of the molecule is COC(=O)C(SC(C)C)c1cccs1. The van der Waals surface area contributed by atoms with Gasteiger partial charge in [0.15, 0.2) is 0 Å². The molecule has 0 N–H and O–H groups in total. The molecule has 0 radical (unpaired) electrons. The highest BCUT2D eigenvalue weighted by molar-refractivity contribution is 8.00. The van der Waals surface area contributed by atoms with Crippen molar-refractivity contribution >= 4 is 29.1 Å². The van der Waals surface area contributed by atoms with E-state index in [2.05, 4.69) is 13.8 Å². The molecule has 0 bridgehead atoms. The summed E-state index contributed by atoms with van der Waals surface area (Å²) in [7, 11) is 1.43. The van der Waals surface area contributed by atoms with Crippen molar-refractivity contribution in [2.45, 2.75) is 24.3 Å². The zero-order valence-electron chi connectivity index (χ0n) is 8.52. The largest absolute Gasteiger partial charge is 0.468 e. The Morgan fingerprint density at radius 2 is 2.29 bits per heavy atom. The van der Waals surface area contributed by atoms with Crippen molar-refractivity contribution in [3.05, 3.63) is 22.4 Å².